The van der Waals surface area contributed by atoms with E-state index in [4.69, 9.17) is 14.8 Å². The fourth-order valence-corrected chi connectivity index (χ4v) is 5.43. The number of fused-ring (bicyclic) bond motifs is 5. The monoisotopic (exact) mass is 431 g/mol. The molecule has 0 saturated carbocycles. The number of rotatable bonds is 6. The van der Waals surface area contributed by atoms with Crippen molar-refractivity contribution in [2.75, 3.05) is 26.4 Å². The molecule has 0 saturated heterocycles. The Morgan fingerprint density at radius 2 is 2.13 bits per heavy atom. The smallest absolute Gasteiger partial charge is 0.291 e. The molecular formula is C21H29N5O3S. The fourth-order valence-electron chi connectivity index (χ4n) is 4.09. The summed E-state index contributed by atoms with van der Waals surface area (Å²) in [5.74, 6) is 1.18. The van der Waals surface area contributed by atoms with Crippen LogP contribution in [0.5, 0.6) is 0 Å². The second-order valence-corrected chi connectivity index (χ2v) is 10.00. The summed E-state index contributed by atoms with van der Waals surface area (Å²) in [5, 5.41) is 17.0. The number of aliphatic hydroxyl groups excluding tert-OH is 1. The number of aliphatic hydroxyl groups is 1. The number of amides is 1. The van der Waals surface area contributed by atoms with Crippen LogP contribution in [0.3, 0.4) is 0 Å². The van der Waals surface area contributed by atoms with E-state index in [-0.39, 0.29) is 30.4 Å². The molecule has 3 aromatic heterocycles. The van der Waals surface area contributed by atoms with E-state index < -0.39 is 0 Å². The largest absolute Gasteiger partial charge is 0.394 e. The minimum Gasteiger partial charge on any atom is -0.394 e. The zero-order valence-corrected chi connectivity index (χ0v) is 18.8. The Labute approximate surface area is 179 Å². The third-order valence-corrected chi connectivity index (χ3v) is 6.99. The summed E-state index contributed by atoms with van der Waals surface area (Å²) < 4.78 is 6.85. The van der Waals surface area contributed by atoms with E-state index in [1.165, 1.54) is 10.4 Å². The molecule has 0 spiro atoms. The van der Waals surface area contributed by atoms with Crippen LogP contribution in [-0.2, 0) is 17.6 Å². The van der Waals surface area contributed by atoms with Gasteiger partial charge in [-0.3, -0.25) is 4.79 Å². The summed E-state index contributed by atoms with van der Waals surface area (Å²) in [6, 6.07) is 0. The molecule has 0 fully saturated rings. The van der Waals surface area contributed by atoms with Gasteiger partial charge in [-0.05, 0) is 43.1 Å². The highest BCUT2D eigenvalue weighted by molar-refractivity contribution is 7.19. The first-order valence-corrected chi connectivity index (χ1v) is 11.3. The summed E-state index contributed by atoms with van der Waals surface area (Å²) in [4.78, 5) is 24.2. The van der Waals surface area contributed by atoms with E-state index in [2.05, 4.69) is 36.2 Å². The molecule has 0 aliphatic heterocycles. The molecule has 9 heteroatoms. The van der Waals surface area contributed by atoms with Crippen LogP contribution in [0.4, 0.5) is 0 Å². The Balaban J connectivity index is 1.65. The van der Waals surface area contributed by atoms with Crippen LogP contribution >= 0.6 is 11.3 Å². The van der Waals surface area contributed by atoms with E-state index in [0.29, 0.717) is 24.7 Å². The number of aryl methyl sites for hydroxylation is 2. The maximum absolute atomic E-state index is 12.5. The van der Waals surface area contributed by atoms with Gasteiger partial charge in [-0.2, -0.15) is 4.52 Å². The average Bonchev–Trinajstić information content (AvgIpc) is 3.28. The molecular weight excluding hydrogens is 402 g/mol. The summed E-state index contributed by atoms with van der Waals surface area (Å²) in [7, 11) is 0. The number of carbonyl (C=O) groups is 1. The highest BCUT2D eigenvalue weighted by atomic mass is 32.1. The van der Waals surface area contributed by atoms with Gasteiger partial charge in [-0.1, -0.05) is 20.8 Å². The van der Waals surface area contributed by atoms with Gasteiger partial charge in [-0.15, -0.1) is 16.4 Å². The molecule has 3 aromatic rings. The first-order chi connectivity index (χ1) is 14.3. The highest BCUT2D eigenvalue weighted by Gasteiger charge is 2.32. The number of thiophene rings is 1. The number of hydrogen-bond donors (Lipinski definition) is 2. The molecule has 0 aromatic carbocycles. The SMILES string of the molecule is Cc1nc2sc3c(c2c2nc(C(=O)NCCOCCO)nn12)CCC(C(C)(C)C)C3. The van der Waals surface area contributed by atoms with Crippen molar-refractivity contribution >= 4 is 33.1 Å². The summed E-state index contributed by atoms with van der Waals surface area (Å²) in [6.07, 6.45) is 3.23. The van der Waals surface area contributed by atoms with Gasteiger partial charge < -0.3 is 15.2 Å². The lowest BCUT2D eigenvalue weighted by Gasteiger charge is -2.33. The van der Waals surface area contributed by atoms with Crippen LogP contribution in [0.25, 0.3) is 15.9 Å². The van der Waals surface area contributed by atoms with Crippen molar-refractivity contribution in [2.45, 2.75) is 47.0 Å². The standard InChI is InChI=1S/C21H29N5O3S/c1-12-23-20-16(14-6-5-13(21(2,3)4)11-15(14)30-20)18-24-17(25-26(12)18)19(28)22-7-9-29-10-8-27/h13,27H,5-11H2,1-4H3,(H,22,28). The molecule has 8 nitrogen and oxygen atoms in total. The van der Waals surface area contributed by atoms with Crippen LogP contribution in [0.15, 0.2) is 0 Å². The second-order valence-electron chi connectivity index (χ2n) is 8.91. The van der Waals surface area contributed by atoms with Crippen molar-refractivity contribution < 1.29 is 14.6 Å². The Hall–Kier alpha value is -2.10. The molecule has 1 atom stereocenters. The van der Waals surface area contributed by atoms with Crippen LogP contribution in [0, 0.1) is 18.3 Å². The van der Waals surface area contributed by atoms with Crippen LogP contribution in [-0.4, -0.2) is 57.0 Å². The number of ether oxygens (including phenoxy) is 1. The third-order valence-electron chi connectivity index (χ3n) is 5.84. The van der Waals surface area contributed by atoms with Gasteiger partial charge in [-0.25, -0.2) is 9.97 Å². The van der Waals surface area contributed by atoms with Gasteiger partial charge in [0.1, 0.15) is 10.7 Å². The van der Waals surface area contributed by atoms with Gasteiger partial charge in [0.25, 0.3) is 5.91 Å². The first-order valence-electron chi connectivity index (χ1n) is 10.4. The van der Waals surface area contributed by atoms with E-state index in [0.717, 1.165) is 35.3 Å². The predicted octanol–water partition coefficient (Wildman–Crippen LogP) is 2.54. The van der Waals surface area contributed by atoms with Crippen molar-refractivity contribution in [2.24, 2.45) is 11.3 Å². The number of carbonyl (C=O) groups excluding carboxylic acids is 1. The molecule has 0 bridgehead atoms. The lowest BCUT2D eigenvalue weighted by molar-refractivity contribution is 0.0832. The van der Waals surface area contributed by atoms with Crippen LogP contribution in [0.1, 0.15) is 54.1 Å². The van der Waals surface area contributed by atoms with E-state index in [1.807, 2.05) is 6.92 Å². The maximum atomic E-state index is 12.5. The average molecular weight is 432 g/mol. The number of nitrogens with zero attached hydrogens (tertiary/aromatic N) is 4. The quantitative estimate of drug-likeness (QED) is 0.582. The Morgan fingerprint density at radius 1 is 1.33 bits per heavy atom. The fraction of sp³-hybridized carbons (Fsp3) is 0.619. The molecule has 1 aliphatic carbocycles. The van der Waals surface area contributed by atoms with Crippen molar-refractivity contribution in [1.29, 1.82) is 0 Å². The molecule has 1 unspecified atom stereocenters. The van der Waals surface area contributed by atoms with Crippen molar-refractivity contribution in [3.8, 4) is 0 Å². The lowest BCUT2D eigenvalue weighted by atomic mass is 9.72. The molecule has 0 radical (unpaired) electrons. The normalized spacial score (nSPS) is 16.9. The Morgan fingerprint density at radius 3 is 2.87 bits per heavy atom. The van der Waals surface area contributed by atoms with E-state index >= 15 is 0 Å². The minimum atomic E-state index is -0.337. The van der Waals surface area contributed by atoms with Crippen LogP contribution in [0.2, 0.25) is 0 Å². The Kier molecular flexibility index (Phi) is 5.78. The summed E-state index contributed by atoms with van der Waals surface area (Å²) in [5.41, 5.74) is 2.32. The molecule has 1 aliphatic rings. The topological polar surface area (TPSA) is 102 Å². The van der Waals surface area contributed by atoms with Crippen LogP contribution < -0.4 is 5.32 Å². The van der Waals surface area contributed by atoms with Crippen molar-refractivity contribution in [3.63, 3.8) is 0 Å². The van der Waals surface area contributed by atoms with Crippen molar-refractivity contribution in [1.82, 2.24) is 24.9 Å². The zero-order chi connectivity index (χ0) is 21.5. The molecule has 3 heterocycles. The van der Waals surface area contributed by atoms with Gasteiger partial charge in [0.15, 0.2) is 5.65 Å². The van der Waals surface area contributed by atoms with Gasteiger partial charge in [0.2, 0.25) is 5.82 Å². The zero-order valence-electron chi connectivity index (χ0n) is 18.0. The van der Waals surface area contributed by atoms with Gasteiger partial charge in [0, 0.05) is 11.4 Å². The number of hydrogen-bond acceptors (Lipinski definition) is 7. The van der Waals surface area contributed by atoms with Gasteiger partial charge >= 0.3 is 0 Å². The van der Waals surface area contributed by atoms with Crippen molar-refractivity contribution in [3.05, 3.63) is 22.1 Å². The maximum Gasteiger partial charge on any atom is 0.291 e. The van der Waals surface area contributed by atoms with Gasteiger partial charge in [0.05, 0.1) is 25.2 Å². The molecule has 4 rings (SSSR count). The number of aromatic nitrogens is 4. The minimum absolute atomic E-state index is 0.0360. The first kappa shape index (κ1) is 21.1. The summed E-state index contributed by atoms with van der Waals surface area (Å²) in [6.45, 7) is 9.72. The second kappa shape index (κ2) is 8.20. The molecule has 1 amide bonds. The molecule has 2 N–H and O–H groups in total. The third kappa shape index (κ3) is 3.93. The lowest BCUT2D eigenvalue weighted by Crippen LogP contribution is -2.28. The van der Waals surface area contributed by atoms with E-state index in [9.17, 15) is 4.79 Å². The van der Waals surface area contributed by atoms with E-state index in [1.54, 1.807) is 15.9 Å². The molecule has 30 heavy (non-hydrogen) atoms. The predicted molar refractivity (Wildman–Crippen MR) is 116 cm³/mol. The highest BCUT2D eigenvalue weighted by Crippen LogP contribution is 2.43. The summed E-state index contributed by atoms with van der Waals surface area (Å²) >= 11 is 1.76. The Bertz CT molecular complexity index is 1080. The molecule has 162 valence electrons. The number of nitrogens with one attached hydrogen (secondary N) is 1.